The van der Waals surface area contributed by atoms with Gasteiger partial charge in [0.05, 0.1) is 40.3 Å². The smallest absolute Gasteiger partial charge is 0.306 e. The molecule has 0 saturated heterocycles. The van der Waals surface area contributed by atoms with Crippen molar-refractivity contribution >= 4 is 17.9 Å². The Labute approximate surface area is 591 Å². The van der Waals surface area contributed by atoms with Crippen LogP contribution in [0.2, 0.25) is 0 Å². The van der Waals surface area contributed by atoms with Gasteiger partial charge in [-0.25, -0.2) is 0 Å². The van der Waals surface area contributed by atoms with Gasteiger partial charge in [0, 0.05) is 12.8 Å². The van der Waals surface area contributed by atoms with E-state index in [0.717, 1.165) is 51.4 Å². The van der Waals surface area contributed by atoms with Crippen molar-refractivity contribution in [2.45, 2.75) is 437 Å². The largest absolute Gasteiger partial charge is 0.545 e. The Hall–Kier alpha value is -2.75. The number of unbranched alkanes of at least 4 members (excludes halogenated alkanes) is 56. The van der Waals surface area contributed by atoms with E-state index >= 15 is 0 Å². The van der Waals surface area contributed by atoms with Gasteiger partial charge in [0.15, 0.2) is 12.4 Å². The standard InChI is InChI=1S/C86H161NO8/c1-6-8-10-12-14-16-18-20-22-24-26-28-30-32-34-36-38-40-41-42-43-45-46-48-50-52-54-56-58-60-62-64-66-68-70-72-74-76-83(88)93-80-82(81-94-86(85(90)91)92-79-78-87(3,4)5)95-84(89)77-75-73-71-69-67-65-63-61-59-57-55-53-51-49-47-44-39-37-35-33-31-29-27-25-23-21-19-17-15-13-11-9-7-2/h19,21,24-27,31,33,82,86H,6-18,20,22-23,28-30,32,34-81H2,1-5H3/b21-19-,26-24-,27-25-,33-31-. The van der Waals surface area contributed by atoms with Crippen LogP contribution in [0.15, 0.2) is 48.6 Å². The lowest BCUT2D eigenvalue weighted by Crippen LogP contribution is -2.44. The highest BCUT2D eigenvalue weighted by molar-refractivity contribution is 5.70. The summed E-state index contributed by atoms with van der Waals surface area (Å²) in [5, 5.41) is 11.9. The summed E-state index contributed by atoms with van der Waals surface area (Å²) in [6, 6.07) is 0. The topological polar surface area (TPSA) is 111 Å². The zero-order valence-corrected chi connectivity index (χ0v) is 64.1. The summed E-state index contributed by atoms with van der Waals surface area (Å²) in [5.74, 6) is -2.25. The Morgan fingerprint density at radius 1 is 0.316 bits per heavy atom. The number of likely N-dealkylation sites (N-methyl/N-ethyl adjacent to an activating group) is 1. The van der Waals surface area contributed by atoms with Gasteiger partial charge in [-0.1, -0.05) is 383 Å². The number of quaternary nitrogens is 1. The molecule has 0 aliphatic carbocycles. The van der Waals surface area contributed by atoms with E-state index in [1.54, 1.807) is 0 Å². The van der Waals surface area contributed by atoms with Crippen molar-refractivity contribution in [1.82, 2.24) is 0 Å². The summed E-state index contributed by atoms with van der Waals surface area (Å²) in [6.07, 6.45) is 98.3. The summed E-state index contributed by atoms with van der Waals surface area (Å²) in [5.41, 5.74) is 0. The molecule has 0 heterocycles. The number of rotatable bonds is 79. The van der Waals surface area contributed by atoms with Crippen LogP contribution in [0, 0.1) is 0 Å². The van der Waals surface area contributed by atoms with Gasteiger partial charge in [0.25, 0.3) is 0 Å². The molecule has 0 aromatic rings. The zero-order chi connectivity index (χ0) is 69.0. The highest BCUT2D eigenvalue weighted by Gasteiger charge is 2.22. The van der Waals surface area contributed by atoms with Gasteiger partial charge >= 0.3 is 11.9 Å². The van der Waals surface area contributed by atoms with Crippen LogP contribution >= 0.6 is 0 Å². The average Bonchev–Trinajstić information content (AvgIpc) is 3.75. The first-order valence-electron chi connectivity index (χ1n) is 41.8. The summed E-state index contributed by atoms with van der Waals surface area (Å²) in [7, 11) is 5.95. The minimum atomic E-state index is -1.62. The molecule has 0 aromatic carbocycles. The van der Waals surface area contributed by atoms with Crippen LogP contribution in [0.25, 0.3) is 0 Å². The molecule has 9 heteroatoms. The first-order chi connectivity index (χ1) is 46.6. The molecular formula is C86H161NO8. The number of aliphatic carboxylic acids is 1. The third-order valence-electron chi connectivity index (χ3n) is 19.0. The molecule has 0 fully saturated rings. The molecule has 9 nitrogen and oxygen atoms in total. The van der Waals surface area contributed by atoms with E-state index in [0.29, 0.717) is 17.4 Å². The van der Waals surface area contributed by atoms with E-state index in [1.165, 1.54) is 347 Å². The summed E-state index contributed by atoms with van der Waals surface area (Å²) in [4.78, 5) is 37.6. The number of hydrogen-bond acceptors (Lipinski definition) is 8. The van der Waals surface area contributed by atoms with E-state index in [-0.39, 0.29) is 32.2 Å². The number of esters is 2. The van der Waals surface area contributed by atoms with Crippen molar-refractivity contribution in [2.75, 3.05) is 47.5 Å². The maximum absolute atomic E-state index is 13.0. The zero-order valence-electron chi connectivity index (χ0n) is 64.1. The highest BCUT2D eigenvalue weighted by Crippen LogP contribution is 2.20. The minimum absolute atomic E-state index is 0.150. The molecular weight excluding hydrogens is 1170 g/mol. The Morgan fingerprint density at radius 3 is 0.853 bits per heavy atom. The summed E-state index contributed by atoms with van der Waals surface area (Å²) in [6.45, 7) is 4.81. The predicted molar refractivity (Wildman–Crippen MR) is 408 cm³/mol. The van der Waals surface area contributed by atoms with Crippen LogP contribution < -0.4 is 5.11 Å². The molecule has 0 aliphatic heterocycles. The van der Waals surface area contributed by atoms with Gasteiger partial charge in [-0.05, 0) is 77.0 Å². The molecule has 2 atom stereocenters. The van der Waals surface area contributed by atoms with Crippen molar-refractivity contribution in [1.29, 1.82) is 0 Å². The molecule has 0 rings (SSSR count). The number of allylic oxidation sites excluding steroid dienone is 8. The van der Waals surface area contributed by atoms with Crippen LogP contribution in [-0.4, -0.2) is 82.3 Å². The maximum atomic E-state index is 13.0. The van der Waals surface area contributed by atoms with Gasteiger partial charge in [0.1, 0.15) is 13.2 Å². The van der Waals surface area contributed by atoms with Gasteiger partial charge in [-0.15, -0.1) is 0 Å². The molecule has 558 valence electrons. The van der Waals surface area contributed by atoms with Crippen LogP contribution in [0.5, 0.6) is 0 Å². The number of carbonyl (C=O) groups is 3. The van der Waals surface area contributed by atoms with E-state index < -0.39 is 24.3 Å². The van der Waals surface area contributed by atoms with E-state index in [1.807, 2.05) is 21.1 Å². The third-order valence-corrected chi connectivity index (χ3v) is 19.0. The van der Waals surface area contributed by atoms with Crippen LogP contribution in [0.1, 0.15) is 425 Å². The summed E-state index contributed by atoms with van der Waals surface area (Å²) >= 11 is 0. The Kier molecular flexibility index (Phi) is 74.8. The molecule has 0 aliphatic rings. The number of ether oxygens (including phenoxy) is 4. The van der Waals surface area contributed by atoms with Crippen molar-refractivity contribution in [2.24, 2.45) is 0 Å². The van der Waals surface area contributed by atoms with Gasteiger partial charge in [0.2, 0.25) is 0 Å². The minimum Gasteiger partial charge on any atom is -0.545 e. The van der Waals surface area contributed by atoms with E-state index in [9.17, 15) is 19.5 Å². The number of carbonyl (C=O) groups excluding carboxylic acids is 3. The van der Waals surface area contributed by atoms with E-state index in [2.05, 4.69) is 62.5 Å². The fourth-order valence-electron chi connectivity index (χ4n) is 12.7. The quantitative estimate of drug-likeness (QED) is 0.0195. The van der Waals surface area contributed by atoms with Crippen LogP contribution in [-0.2, 0) is 33.3 Å². The van der Waals surface area contributed by atoms with Gasteiger partial charge in [-0.3, -0.25) is 9.59 Å². The molecule has 95 heavy (non-hydrogen) atoms. The molecule has 0 bridgehead atoms. The van der Waals surface area contributed by atoms with Crippen LogP contribution in [0.4, 0.5) is 0 Å². The van der Waals surface area contributed by atoms with Crippen molar-refractivity contribution in [3.8, 4) is 0 Å². The predicted octanol–water partition coefficient (Wildman–Crippen LogP) is 25.5. The fraction of sp³-hybridized carbons (Fsp3) is 0.872. The number of carboxylic acid groups (broad SMARTS) is 1. The lowest BCUT2D eigenvalue weighted by Gasteiger charge is -2.26. The maximum Gasteiger partial charge on any atom is 0.306 e. The second-order valence-electron chi connectivity index (χ2n) is 29.8. The number of carboxylic acids is 1. The first kappa shape index (κ1) is 92.2. The van der Waals surface area contributed by atoms with Crippen molar-refractivity contribution in [3.63, 3.8) is 0 Å². The summed E-state index contributed by atoms with van der Waals surface area (Å²) < 4.78 is 22.9. The van der Waals surface area contributed by atoms with Crippen molar-refractivity contribution < 1.29 is 42.9 Å². The molecule has 0 radical (unpaired) electrons. The number of hydrogen-bond donors (Lipinski definition) is 0. The molecule has 0 aromatic heterocycles. The second-order valence-corrected chi connectivity index (χ2v) is 29.8. The first-order valence-corrected chi connectivity index (χ1v) is 41.8. The molecule has 2 unspecified atom stereocenters. The molecule has 0 amide bonds. The monoisotopic (exact) mass is 1340 g/mol. The van der Waals surface area contributed by atoms with Crippen LogP contribution in [0.3, 0.4) is 0 Å². The normalized spacial score (nSPS) is 12.8. The average molecular weight is 1340 g/mol. The lowest BCUT2D eigenvalue weighted by molar-refractivity contribution is -0.870. The van der Waals surface area contributed by atoms with E-state index in [4.69, 9.17) is 18.9 Å². The molecule has 0 spiro atoms. The number of nitrogens with zero attached hydrogens (tertiary/aromatic N) is 1. The Balaban J connectivity index is 3.95. The second kappa shape index (κ2) is 77.0. The van der Waals surface area contributed by atoms with Crippen molar-refractivity contribution in [3.05, 3.63) is 48.6 Å². The lowest BCUT2D eigenvalue weighted by atomic mass is 10.0. The van der Waals surface area contributed by atoms with Gasteiger partial charge < -0.3 is 33.3 Å². The van der Waals surface area contributed by atoms with Gasteiger partial charge in [-0.2, -0.15) is 0 Å². The fourth-order valence-corrected chi connectivity index (χ4v) is 12.7. The SMILES string of the molecule is CCCCCCC/C=C\C/C=C\C/C=C\CCCCCCCCCCCCCCCCCCCCC(=O)OC(COC(=O)CCCCCCCCCCCCCCCCCCCCCCCCCCC/C=C\CCCCCCCCCC)COC(OCC[N+](C)(C)C)C(=O)[O-]. The Morgan fingerprint density at radius 2 is 0.568 bits per heavy atom. The Bertz CT molecular complexity index is 1700. The third kappa shape index (κ3) is 78.5. The highest BCUT2D eigenvalue weighted by atomic mass is 16.7. The molecule has 0 saturated carbocycles. The molecule has 0 N–H and O–H groups in total.